The minimum absolute atomic E-state index is 0.110. The molecule has 0 heterocycles. The number of phenols is 1. The Balaban J connectivity index is 3.21. The molecule has 0 fully saturated rings. The van der Waals surface area contributed by atoms with E-state index in [0.717, 1.165) is 0 Å². The van der Waals surface area contributed by atoms with Gasteiger partial charge in [0.25, 0.3) is 0 Å². The van der Waals surface area contributed by atoms with Crippen molar-refractivity contribution in [2.75, 3.05) is 5.32 Å². The van der Waals surface area contributed by atoms with Crippen LogP contribution in [0.4, 0.5) is 5.69 Å². The quantitative estimate of drug-likeness (QED) is 0.499. The van der Waals surface area contributed by atoms with Gasteiger partial charge in [0, 0.05) is 0 Å². The lowest BCUT2D eigenvalue weighted by atomic mass is 10.2. The summed E-state index contributed by atoms with van der Waals surface area (Å²) in [5.41, 5.74) is 0.386. The van der Waals surface area contributed by atoms with E-state index in [0.29, 0.717) is 6.41 Å². The maximum Gasteiger partial charge on any atom is 0.211 e. The smallest absolute Gasteiger partial charge is 0.211 e. The molecule has 4 heteroatoms. The number of anilines is 1. The zero-order valence-corrected chi connectivity index (χ0v) is 6.11. The lowest BCUT2D eigenvalue weighted by Crippen LogP contribution is -1.96. The fourth-order valence-corrected chi connectivity index (χ4v) is 0.844. The van der Waals surface area contributed by atoms with Gasteiger partial charge in [0.2, 0.25) is 6.41 Å². The first kappa shape index (κ1) is 8.08. The summed E-state index contributed by atoms with van der Waals surface area (Å²) in [5.74, 6) is -0.110. The average Bonchev–Trinajstić information content (AvgIpc) is 2.09. The van der Waals surface area contributed by atoms with Gasteiger partial charge in [0.1, 0.15) is 17.5 Å². The van der Waals surface area contributed by atoms with E-state index in [1.54, 1.807) is 0 Å². The summed E-state index contributed by atoms with van der Waals surface area (Å²) in [6.07, 6.45) is 0.413. The Bertz CT molecular complexity index is 341. The molecule has 0 aliphatic carbocycles. The van der Waals surface area contributed by atoms with Crippen LogP contribution in [0.15, 0.2) is 18.2 Å². The maximum absolute atomic E-state index is 10.1. The van der Waals surface area contributed by atoms with Gasteiger partial charge in [0.05, 0.1) is 5.56 Å². The standard InChI is InChI=1S/C8H6N2O2/c9-4-6-2-1-3-7(12)8(6)10-5-11/h1-3,5,12H,(H,10,11). The van der Waals surface area contributed by atoms with Crippen molar-refractivity contribution in [2.45, 2.75) is 0 Å². The predicted molar refractivity (Wildman–Crippen MR) is 42.5 cm³/mol. The van der Waals surface area contributed by atoms with E-state index in [9.17, 15) is 9.90 Å². The van der Waals surface area contributed by atoms with E-state index in [4.69, 9.17) is 5.26 Å². The number of aromatic hydroxyl groups is 1. The van der Waals surface area contributed by atoms with Crippen LogP contribution < -0.4 is 5.32 Å². The molecule has 0 atom stereocenters. The molecular weight excluding hydrogens is 156 g/mol. The minimum Gasteiger partial charge on any atom is -0.506 e. The minimum atomic E-state index is -0.110. The number of hydrogen-bond acceptors (Lipinski definition) is 3. The number of amides is 1. The molecule has 0 aliphatic rings. The third kappa shape index (κ3) is 1.35. The normalized spacial score (nSPS) is 8.58. The van der Waals surface area contributed by atoms with E-state index in [1.165, 1.54) is 18.2 Å². The number of carbonyl (C=O) groups excluding carboxylic acids is 1. The van der Waals surface area contributed by atoms with Crippen molar-refractivity contribution in [2.24, 2.45) is 0 Å². The highest BCUT2D eigenvalue weighted by atomic mass is 16.3. The van der Waals surface area contributed by atoms with Gasteiger partial charge < -0.3 is 10.4 Å². The number of nitriles is 1. The average molecular weight is 162 g/mol. The topological polar surface area (TPSA) is 73.1 Å². The van der Waals surface area contributed by atoms with Crippen molar-refractivity contribution in [3.63, 3.8) is 0 Å². The first-order valence-corrected chi connectivity index (χ1v) is 3.22. The summed E-state index contributed by atoms with van der Waals surface area (Å²) in [4.78, 5) is 10.1. The highest BCUT2D eigenvalue weighted by molar-refractivity contribution is 5.79. The lowest BCUT2D eigenvalue weighted by molar-refractivity contribution is -0.105. The Kier molecular flexibility index (Phi) is 2.29. The Labute approximate surface area is 69.1 Å². The summed E-state index contributed by atoms with van der Waals surface area (Å²) in [6, 6.07) is 6.27. The van der Waals surface area contributed by atoms with Gasteiger partial charge in [-0.3, -0.25) is 4.79 Å². The number of rotatable bonds is 2. The molecular formula is C8H6N2O2. The molecule has 0 saturated carbocycles. The molecule has 0 aromatic heterocycles. The number of phenolic OH excluding ortho intramolecular Hbond substituents is 1. The van der Waals surface area contributed by atoms with Gasteiger partial charge in [-0.25, -0.2) is 0 Å². The lowest BCUT2D eigenvalue weighted by Gasteiger charge is -2.02. The Morgan fingerprint density at radius 2 is 2.33 bits per heavy atom. The summed E-state index contributed by atoms with van der Waals surface area (Å²) in [5, 5.41) is 20.0. The largest absolute Gasteiger partial charge is 0.506 e. The third-order valence-corrected chi connectivity index (χ3v) is 1.37. The van der Waals surface area contributed by atoms with Crippen LogP contribution in [0.1, 0.15) is 5.56 Å². The zero-order valence-electron chi connectivity index (χ0n) is 6.11. The molecule has 60 valence electrons. The molecule has 0 aliphatic heterocycles. The molecule has 4 nitrogen and oxygen atoms in total. The molecule has 12 heavy (non-hydrogen) atoms. The van der Waals surface area contributed by atoms with Crippen molar-refractivity contribution >= 4 is 12.1 Å². The fraction of sp³-hybridized carbons (Fsp3) is 0. The Morgan fingerprint density at radius 1 is 1.58 bits per heavy atom. The molecule has 0 radical (unpaired) electrons. The van der Waals surface area contributed by atoms with Crippen molar-refractivity contribution in [1.29, 1.82) is 5.26 Å². The number of carbonyl (C=O) groups is 1. The second kappa shape index (κ2) is 3.39. The van der Waals surface area contributed by atoms with E-state index >= 15 is 0 Å². The molecule has 0 saturated heterocycles. The molecule has 2 N–H and O–H groups in total. The van der Waals surface area contributed by atoms with Crippen molar-refractivity contribution in [3.05, 3.63) is 23.8 Å². The van der Waals surface area contributed by atoms with E-state index in [2.05, 4.69) is 5.32 Å². The van der Waals surface area contributed by atoms with Crippen LogP contribution in [0.25, 0.3) is 0 Å². The first-order chi connectivity index (χ1) is 5.79. The van der Waals surface area contributed by atoms with Crippen LogP contribution in [-0.4, -0.2) is 11.5 Å². The van der Waals surface area contributed by atoms with Crippen LogP contribution >= 0.6 is 0 Å². The highest BCUT2D eigenvalue weighted by Crippen LogP contribution is 2.25. The van der Waals surface area contributed by atoms with Gasteiger partial charge in [-0.2, -0.15) is 5.26 Å². The maximum atomic E-state index is 10.1. The van der Waals surface area contributed by atoms with E-state index < -0.39 is 0 Å². The highest BCUT2D eigenvalue weighted by Gasteiger charge is 2.04. The molecule has 1 aromatic carbocycles. The van der Waals surface area contributed by atoms with Crippen LogP contribution in [0.3, 0.4) is 0 Å². The Hall–Kier alpha value is -2.02. The molecule has 0 bridgehead atoms. The van der Waals surface area contributed by atoms with Gasteiger partial charge in [-0.15, -0.1) is 0 Å². The summed E-state index contributed by atoms with van der Waals surface area (Å²) < 4.78 is 0. The van der Waals surface area contributed by atoms with Gasteiger partial charge in [-0.05, 0) is 12.1 Å². The number of nitrogens with one attached hydrogen (secondary N) is 1. The van der Waals surface area contributed by atoms with Gasteiger partial charge in [-0.1, -0.05) is 6.07 Å². The second-order valence-corrected chi connectivity index (χ2v) is 2.07. The van der Waals surface area contributed by atoms with Crippen molar-refractivity contribution in [3.8, 4) is 11.8 Å². The molecule has 0 spiro atoms. The molecule has 1 rings (SSSR count). The number of nitrogens with zero attached hydrogens (tertiary/aromatic N) is 1. The van der Waals surface area contributed by atoms with Gasteiger partial charge in [0.15, 0.2) is 0 Å². The van der Waals surface area contributed by atoms with Crippen LogP contribution in [0, 0.1) is 11.3 Å². The van der Waals surface area contributed by atoms with E-state index in [-0.39, 0.29) is 17.0 Å². The number of para-hydroxylation sites is 1. The first-order valence-electron chi connectivity index (χ1n) is 3.22. The SMILES string of the molecule is N#Cc1cccc(O)c1NC=O. The fourth-order valence-electron chi connectivity index (χ4n) is 0.844. The molecule has 0 unspecified atom stereocenters. The van der Waals surface area contributed by atoms with Gasteiger partial charge >= 0.3 is 0 Å². The van der Waals surface area contributed by atoms with Crippen molar-refractivity contribution in [1.82, 2.24) is 0 Å². The Morgan fingerprint density at radius 3 is 2.92 bits per heavy atom. The summed E-state index contributed by atoms with van der Waals surface area (Å²) in [7, 11) is 0. The van der Waals surface area contributed by atoms with Crippen molar-refractivity contribution < 1.29 is 9.90 Å². The molecule has 1 aromatic rings. The zero-order chi connectivity index (χ0) is 8.97. The summed E-state index contributed by atoms with van der Waals surface area (Å²) in [6.45, 7) is 0. The van der Waals surface area contributed by atoms with E-state index in [1.807, 2.05) is 6.07 Å². The second-order valence-electron chi connectivity index (χ2n) is 2.07. The van der Waals surface area contributed by atoms with Crippen LogP contribution in [-0.2, 0) is 4.79 Å². The number of hydrogen-bond donors (Lipinski definition) is 2. The summed E-state index contributed by atoms with van der Waals surface area (Å²) >= 11 is 0. The molecule has 1 amide bonds. The number of benzene rings is 1. The van der Waals surface area contributed by atoms with Crippen LogP contribution in [0.5, 0.6) is 5.75 Å². The predicted octanol–water partition coefficient (Wildman–Crippen LogP) is 0.832. The van der Waals surface area contributed by atoms with Crippen LogP contribution in [0.2, 0.25) is 0 Å². The monoisotopic (exact) mass is 162 g/mol. The third-order valence-electron chi connectivity index (χ3n) is 1.37.